The number of hydrogen-bond donors (Lipinski definition) is 0. The van der Waals surface area contributed by atoms with Crippen molar-refractivity contribution >= 4 is 18.4 Å². The van der Waals surface area contributed by atoms with Crippen LogP contribution in [-0.4, -0.2) is 12.6 Å². The summed E-state index contributed by atoms with van der Waals surface area (Å²) in [5, 5.41) is 0.292. The molecule has 0 bridgehead atoms. The maximum absolute atomic E-state index is 6.87. The third-order valence-electron chi connectivity index (χ3n) is 0.456. The summed E-state index contributed by atoms with van der Waals surface area (Å²) in [6.07, 6.45) is 0.998. The van der Waals surface area contributed by atoms with Crippen molar-refractivity contribution in [2.75, 3.05) is 6.16 Å². The third kappa shape index (κ3) is 4.86. The predicted molar refractivity (Wildman–Crippen MR) is 38.4 cm³/mol. The lowest BCUT2D eigenvalue weighted by molar-refractivity contribution is 0.818. The van der Waals surface area contributed by atoms with E-state index in [1.54, 1.807) is 0 Å². The van der Waals surface area contributed by atoms with Gasteiger partial charge in [0.2, 0.25) is 0 Å². The van der Waals surface area contributed by atoms with Gasteiger partial charge in [-0.25, -0.2) is 0 Å². The van der Waals surface area contributed by atoms with Crippen molar-refractivity contribution in [2.45, 2.75) is 19.0 Å². The molecule has 2 unspecified atom stereocenters. The fraction of sp³-hybridized carbons (Fsp3) is 1.00. The van der Waals surface area contributed by atoms with Crippen LogP contribution in [0.15, 0.2) is 0 Å². The first-order valence-corrected chi connectivity index (χ1v) is 3.28. The van der Waals surface area contributed by atoms with Gasteiger partial charge in [0.1, 0.15) is 0 Å². The molecule has 2 atom stereocenters. The molecule has 0 spiro atoms. The SMILES string of the molecule is [2H]PCC(C)(C)P. The molecular formula is C4H12P2. The Morgan fingerprint density at radius 1 is 1.83 bits per heavy atom. The first-order chi connectivity index (χ1) is 3.06. The molecule has 0 saturated heterocycles. The van der Waals surface area contributed by atoms with Gasteiger partial charge in [-0.3, -0.25) is 0 Å². The highest BCUT2D eigenvalue weighted by Crippen LogP contribution is 2.17. The second kappa shape index (κ2) is 2.24. The van der Waals surface area contributed by atoms with Crippen LogP contribution in [0, 0.1) is 0 Å². The Bertz CT molecular complexity index is 48.1. The Morgan fingerprint density at radius 3 is 2.33 bits per heavy atom. The summed E-state index contributed by atoms with van der Waals surface area (Å²) in [7, 11) is 3.06. The first kappa shape index (κ1) is 5.01. The first-order valence-electron chi connectivity index (χ1n) is 2.50. The van der Waals surface area contributed by atoms with Gasteiger partial charge in [-0.1, -0.05) is 13.8 Å². The predicted octanol–water partition coefficient (Wildman–Crippen LogP) is 1.52. The second-order valence-electron chi connectivity index (χ2n) is 2.17. The van der Waals surface area contributed by atoms with E-state index in [2.05, 4.69) is 23.1 Å². The van der Waals surface area contributed by atoms with Crippen LogP contribution >= 0.6 is 18.4 Å². The minimum absolute atomic E-state index is 0.292. The molecule has 0 saturated carbocycles. The van der Waals surface area contributed by atoms with E-state index in [1.807, 2.05) is 0 Å². The van der Waals surface area contributed by atoms with Crippen LogP contribution in [0.1, 0.15) is 13.8 Å². The minimum Gasteiger partial charge on any atom is -0.137 e. The van der Waals surface area contributed by atoms with Gasteiger partial charge in [0.15, 0.2) is 0 Å². The van der Waals surface area contributed by atoms with E-state index in [0.29, 0.717) is 14.3 Å². The van der Waals surface area contributed by atoms with Crippen LogP contribution in [0.4, 0.5) is 0 Å². The Morgan fingerprint density at radius 2 is 2.33 bits per heavy atom. The van der Waals surface area contributed by atoms with E-state index in [0.717, 1.165) is 6.16 Å². The molecule has 0 amide bonds. The Balaban J connectivity index is 3.15. The Kier molecular flexibility index (Phi) is 1.87. The summed E-state index contributed by atoms with van der Waals surface area (Å²) in [4.78, 5) is 0. The summed E-state index contributed by atoms with van der Waals surface area (Å²) in [6.45, 7) is 4.25. The molecule has 0 aromatic carbocycles. The van der Waals surface area contributed by atoms with Gasteiger partial charge < -0.3 is 0 Å². The number of rotatable bonds is 2. The average Bonchev–Trinajstić information content (AvgIpc) is 1.30. The largest absolute Gasteiger partial charge is 0.137 e. The highest BCUT2D eigenvalue weighted by Gasteiger charge is 2.03. The molecule has 0 radical (unpaired) electrons. The van der Waals surface area contributed by atoms with Crippen LogP contribution < -0.4 is 0 Å². The van der Waals surface area contributed by atoms with E-state index in [1.165, 1.54) is 0 Å². The number of hydrogen-bond acceptors (Lipinski definition) is 0. The molecule has 6 heavy (non-hydrogen) atoms. The van der Waals surface area contributed by atoms with E-state index in [-0.39, 0.29) is 0 Å². The van der Waals surface area contributed by atoms with Gasteiger partial charge >= 0.3 is 0 Å². The molecule has 0 aliphatic carbocycles. The van der Waals surface area contributed by atoms with Crippen molar-refractivity contribution in [1.29, 1.82) is 1.28 Å². The Hall–Kier alpha value is 0.860. The molecule has 0 aliphatic heterocycles. The van der Waals surface area contributed by atoms with Gasteiger partial charge in [-0.2, -0.15) is 0 Å². The van der Waals surface area contributed by atoms with Crippen LogP contribution in [0.2, 0.25) is 0 Å². The molecule has 0 heterocycles. The molecule has 38 valence electrons. The summed E-state index contributed by atoms with van der Waals surface area (Å²) < 4.78 is 6.87. The molecule has 0 N–H and O–H groups in total. The fourth-order valence-corrected chi connectivity index (χ4v) is 0. The van der Waals surface area contributed by atoms with Crippen molar-refractivity contribution in [1.82, 2.24) is 0 Å². The topological polar surface area (TPSA) is 0 Å². The van der Waals surface area contributed by atoms with Crippen molar-refractivity contribution < 1.29 is 0 Å². The minimum atomic E-state index is 0.292. The highest BCUT2D eigenvalue weighted by molar-refractivity contribution is 7.23. The highest BCUT2D eigenvalue weighted by atomic mass is 31.0. The molecular weight excluding hydrogens is 110 g/mol. The van der Waals surface area contributed by atoms with Gasteiger partial charge in [0.25, 0.3) is 0 Å². The van der Waals surface area contributed by atoms with Crippen molar-refractivity contribution in [3.63, 3.8) is 0 Å². The van der Waals surface area contributed by atoms with Gasteiger partial charge in [-0.05, 0) is 11.3 Å². The molecule has 2 heteroatoms. The molecule has 0 aromatic rings. The Labute approximate surface area is 45.8 Å². The van der Waals surface area contributed by atoms with E-state index >= 15 is 0 Å². The summed E-state index contributed by atoms with van der Waals surface area (Å²) in [5.74, 6) is 0. The fourth-order valence-electron chi connectivity index (χ4n) is 0. The third-order valence-corrected chi connectivity index (χ3v) is 1.98. The van der Waals surface area contributed by atoms with Crippen molar-refractivity contribution in [3.05, 3.63) is 0 Å². The van der Waals surface area contributed by atoms with Crippen molar-refractivity contribution in [3.8, 4) is 0 Å². The maximum Gasteiger partial charge on any atom is 0.0546 e. The van der Waals surface area contributed by atoms with E-state index in [4.69, 9.17) is 1.28 Å². The monoisotopic (exact) mass is 123 g/mol. The zero-order chi connectivity index (χ0) is 5.91. The van der Waals surface area contributed by atoms with Crippen LogP contribution in [0.5, 0.6) is 0 Å². The lowest BCUT2D eigenvalue weighted by Gasteiger charge is -2.12. The second-order valence-corrected chi connectivity index (χ2v) is 4.08. The van der Waals surface area contributed by atoms with Gasteiger partial charge in [-0.15, -0.1) is 18.4 Å². The van der Waals surface area contributed by atoms with E-state index in [9.17, 15) is 0 Å². The molecule has 0 aliphatic rings. The standard InChI is InChI=1S/C4H12P2/c1-4(2,6)3-5/h3,5-6H2,1-2H3/i5D. The van der Waals surface area contributed by atoms with Gasteiger partial charge in [0.05, 0.1) is 1.28 Å². The summed E-state index contributed by atoms with van der Waals surface area (Å²) in [6, 6.07) is 0. The smallest absolute Gasteiger partial charge is 0.0546 e. The van der Waals surface area contributed by atoms with Crippen molar-refractivity contribution in [2.24, 2.45) is 0 Å². The lowest BCUT2D eigenvalue weighted by Crippen LogP contribution is -2.09. The van der Waals surface area contributed by atoms with Crippen LogP contribution in [-0.2, 0) is 0 Å². The summed E-state index contributed by atoms with van der Waals surface area (Å²) >= 11 is 0. The van der Waals surface area contributed by atoms with E-state index < -0.39 is 0 Å². The molecule has 0 nitrogen and oxygen atoms in total. The lowest BCUT2D eigenvalue weighted by atomic mass is 10.2. The zero-order valence-corrected chi connectivity index (χ0v) is 6.44. The zero-order valence-electron chi connectivity index (χ0n) is 5.28. The van der Waals surface area contributed by atoms with Gasteiger partial charge in [0, 0.05) is 0 Å². The summed E-state index contributed by atoms with van der Waals surface area (Å²) in [5.41, 5.74) is 0. The van der Waals surface area contributed by atoms with Crippen LogP contribution in [0.25, 0.3) is 0 Å². The normalized spacial score (nSPS) is 16.2. The van der Waals surface area contributed by atoms with Crippen LogP contribution in [0.3, 0.4) is 0 Å². The molecule has 0 rings (SSSR count). The quantitative estimate of drug-likeness (QED) is 0.488. The molecule has 0 fully saturated rings. The maximum atomic E-state index is 6.87. The molecule has 0 aromatic heterocycles. The average molecular weight is 123 g/mol.